The molecule has 0 aromatic rings. The first kappa shape index (κ1) is 63.8. The Morgan fingerprint density at radius 1 is 0.457 bits per heavy atom. The normalized spacial score (nSPS) is 25.6. The Kier molecular flexibility index (Phi) is 38.4. The predicted molar refractivity (Wildman–Crippen MR) is 270 cm³/mol. The topological polar surface area (TPSA) is 231 Å². The molecule has 0 aliphatic carbocycles. The van der Waals surface area contributed by atoms with Gasteiger partial charge in [-0.3, -0.25) is 9.59 Å². The number of hydrogen-bond acceptors (Lipinski definition) is 15. The second kappa shape index (κ2) is 42.1. The number of unbranched alkanes of at least 4 members (excludes halogenated alkanes) is 23. The van der Waals surface area contributed by atoms with Crippen molar-refractivity contribution in [2.24, 2.45) is 0 Å². The van der Waals surface area contributed by atoms with Crippen LogP contribution in [0.25, 0.3) is 0 Å². The van der Waals surface area contributed by atoms with Crippen LogP contribution in [0.15, 0.2) is 36.5 Å². The van der Waals surface area contributed by atoms with Gasteiger partial charge in [0.15, 0.2) is 18.7 Å². The minimum absolute atomic E-state index is 0.157. The number of hydrogen-bond donors (Lipinski definition) is 7. The third kappa shape index (κ3) is 29.4. The molecule has 0 amide bonds. The van der Waals surface area contributed by atoms with Gasteiger partial charge in [-0.25, -0.2) is 0 Å². The Hall–Kier alpha value is -2.28. The lowest BCUT2D eigenvalue weighted by Gasteiger charge is -2.42. The summed E-state index contributed by atoms with van der Waals surface area (Å²) >= 11 is 0. The van der Waals surface area contributed by atoms with E-state index < -0.39 is 92.7 Å². The summed E-state index contributed by atoms with van der Waals surface area (Å²) in [7, 11) is 0. The van der Waals surface area contributed by atoms with E-state index in [9.17, 15) is 45.3 Å². The van der Waals surface area contributed by atoms with Crippen LogP contribution in [0.3, 0.4) is 0 Å². The van der Waals surface area contributed by atoms with Gasteiger partial charge in [0.1, 0.15) is 55.4 Å². The van der Waals surface area contributed by atoms with E-state index in [2.05, 4.69) is 50.3 Å². The molecule has 0 bridgehead atoms. The number of carbonyl (C=O) groups is 2. The first-order chi connectivity index (χ1) is 34.0. The van der Waals surface area contributed by atoms with Crippen LogP contribution in [0.2, 0.25) is 0 Å². The van der Waals surface area contributed by atoms with E-state index in [4.69, 9.17) is 28.4 Å². The molecular formula is C55H98O15. The van der Waals surface area contributed by atoms with Crippen molar-refractivity contribution in [1.29, 1.82) is 0 Å². The third-order valence-electron chi connectivity index (χ3n) is 13.1. The van der Waals surface area contributed by atoms with Crippen molar-refractivity contribution in [2.75, 3.05) is 26.4 Å². The van der Waals surface area contributed by atoms with Crippen molar-refractivity contribution in [1.82, 2.24) is 0 Å². The number of esters is 2. The number of aliphatic hydroxyl groups is 7. The Labute approximate surface area is 421 Å². The molecular weight excluding hydrogens is 901 g/mol. The summed E-state index contributed by atoms with van der Waals surface area (Å²) in [6.45, 7) is 2.56. The van der Waals surface area contributed by atoms with Gasteiger partial charge in [-0.15, -0.1) is 0 Å². The average Bonchev–Trinajstić information content (AvgIpc) is 3.35. The molecule has 15 nitrogen and oxygen atoms in total. The van der Waals surface area contributed by atoms with Crippen LogP contribution >= 0.6 is 0 Å². The van der Waals surface area contributed by atoms with Crippen molar-refractivity contribution < 1.29 is 73.8 Å². The summed E-state index contributed by atoms with van der Waals surface area (Å²) in [5, 5.41) is 72.2. The van der Waals surface area contributed by atoms with E-state index in [1.807, 2.05) is 0 Å². The van der Waals surface area contributed by atoms with Gasteiger partial charge in [0.05, 0.1) is 19.8 Å². The van der Waals surface area contributed by atoms with Gasteiger partial charge in [0.2, 0.25) is 0 Å². The highest BCUT2D eigenvalue weighted by molar-refractivity contribution is 5.70. The highest BCUT2D eigenvalue weighted by Gasteiger charge is 2.47. The minimum Gasteiger partial charge on any atom is -0.462 e. The van der Waals surface area contributed by atoms with Gasteiger partial charge in [-0.2, -0.15) is 0 Å². The summed E-state index contributed by atoms with van der Waals surface area (Å²) in [4.78, 5) is 25.8. The second-order valence-corrected chi connectivity index (χ2v) is 19.4. The molecule has 408 valence electrons. The second-order valence-electron chi connectivity index (χ2n) is 19.4. The molecule has 70 heavy (non-hydrogen) atoms. The van der Waals surface area contributed by atoms with E-state index in [1.165, 1.54) is 109 Å². The van der Waals surface area contributed by atoms with Crippen molar-refractivity contribution in [3.05, 3.63) is 36.5 Å². The molecule has 15 heteroatoms. The maximum absolute atomic E-state index is 13.0. The van der Waals surface area contributed by atoms with E-state index in [0.717, 1.165) is 57.8 Å². The smallest absolute Gasteiger partial charge is 0.306 e. The number of rotatable bonds is 43. The zero-order valence-electron chi connectivity index (χ0n) is 43.3. The van der Waals surface area contributed by atoms with Gasteiger partial charge >= 0.3 is 11.9 Å². The fourth-order valence-corrected chi connectivity index (χ4v) is 8.54. The molecule has 0 aromatic heterocycles. The van der Waals surface area contributed by atoms with E-state index in [1.54, 1.807) is 0 Å². The van der Waals surface area contributed by atoms with E-state index in [-0.39, 0.29) is 26.1 Å². The summed E-state index contributed by atoms with van der Waals surface area (Å²) in [6.07, 6.45) is 28.8. The summed E-state index contributed by atoms with van der Waals surface area (Å²) in [5.41, 5.74) is 0. The van der Waals surface area contributed by atoms with Crippen LogP contribution in [-0.2, 0) is 38.0 Å². The van der Waals surface area contributed by atoms with Gasteiger partial charge in [-0.1, -0.05) is 159 Å². The molecule has 0 spiro atoms. The van der Waals surface area contributed by atoms with Crippen LogP contribution in [0.4, 0.5) is 0 Å². The summed E-state index contributed by atoms with van der Waals surface area (Å²) in [6, 6.07) is 0. The first-order valence-electron chi connectivity index (χ1n) is 27.6. The Morgan fingerprint density at radius 3 is 1.40 bits per heavy atom. The predicted octanol–water partition coefficient (Wildman–Crippen LogP) is 8.49. The van der Waals surface area contributed by atoms with E-state index in [0.29, 0.717) is 12.8 Å². The van der Waals surface area contributed by atoms with Crippen molar-refractivity contribution >= 4 is 11.9 Å². The molecule has 2 aliphatic heterocycles. The van der Waals surface area contributed by atoms with Crippen LogP contribution in [0, 0.1) is 0 Å². The highest BCUT2D eigenvalue weighted by Crippen LogP contribution is 2.26. The van der Waals surface area contributed by atoms with Crippen molar-refractivity contribution in [3.63, 3.8) is 0 Å². The number of allylic oxidation sites excluding steroid dienone is 6. The van der Waals surface area contributed by atoms with Crippen molar-refractivity contribution in [3.8, 4) is 0 Å². The molecule has 2 heterocycles. The van der Waals surface area contributed by atoms with Gasteiger partial charge in [-0.05, 0) is 70.6 Å². The molecule has 2 fully saturated rings. The quantitative estimate of drug-likeness (QED) is 0.0173. The Morgan fingerprint density at radius 2 is 0.857 bits per heavy atom. The van der Waals surface area contributed by atoms with Crippen LogP contribution in [0.5, 0.6) is 0 Å². The molecule has 0 aromatic carbocycles. The van der Waals surface area contributed by atoms with Gasteiger partial charge < -0.3 is 64.2 Å². The summed E-state index contributed by atoms with van der Waals surface area (Å²) < 4.78 is 33.6. The third-order valence-corrected chi connectivity index (χ3v) is 13.1. The minimum atomic E-state index is -1.77. The van der Waals surface area contributed by atoms with Gasteiger partial charge in [0, 0.05) is 12.8 Å². The molecule has 2 saturated heterocycles. The average molecular weight is 999 g/mol. The first-order valence-corrected chi connectivity index (χ1v) is 27.6. The molecule has 0 saturated carbocycles. The zero-order valence-corrected chi connectivity index (χ0v) is 43.3. The largest absolute Gasteiger partial charge is 0.462 e. The number of ether oxygens (including phenoxy) is 6. The van der Waals surface area contributed by atoms with Crippen LogP contribution in [-0.4, -0.2) is 142 Å². The Balaban J connectivity index is 1.79. The lowest BCUT2D eigenvalue weighted by atomic mass is 9.98. The Bertz CT molecular complexity index is 1360. The van der Waals surface area contributed by atoms with Gasteiger partial charge in [0.25, 0.3) is 0 Å². The molecule has 0 radical (unpaired) electrons. The SMILES string of the molecule is CCCCC/C=C/C/C=C/CCCCCCCCCCCC(=O)O[C@H](COC(=O)CCCC/C=C/CCCCCCCCCCC)CO[C@H]1O[C@@H](CO[C@H]2O[C@@H](CO)[C@@H](O)C(O)C2O)[C@@H](O)C(O)C1O. The van der Waals surface area contributed by atoms with E-state index >= 15 is 0 Å². The standard InChI is InChI=1S/C55H98O15/c1-3-5-7-9-11-13-15-17-19-20-21-22-24-26-28-30-32-34-36-38-47(58)68-43(40-65-46(57)37-35-33-31-29-27-25-23-18-16-14-12-10-8-6-4-2)41-66-54-53(64)51(62)49(60)45(70-54)42-67-55-52(63)50(61)48(59)44(39-56)69-55/h11,13,17,19,27,29,43-45,48-56,59-64H,3-10,12,14-16,18,20-26,28,30-42H2,1-2H3/b13-11+,19-17+,29-27+/t43-,44+,45+,48-,49-,50?,51?,52?,53?,54+,55+/m1/s1. The molecule has 2 aliphatic rings. The van der Waals surface area contributed by atoms with Crippen molar-refractivity contribution in [2.45, 2.75) is 274 Å². The maximum Gasteiger partial charge on any atom is 0.306 e. The fraction of sp³-hybridized carbons (Fsp3) is 0.855. The molecule has 11 atom stereocenters. The summed E-state index contributed by atoms with van der Waals surface area (Å²) in [5.74, 6) is -0.951. The molecule has 4 unspecified atom stereocenters. The van der Waals surface area contributed by atoms with Crippen LogP contribution < -0.4 is 0 Å². The highest BCUT2D eigenvalue weighted by atomic mass is 16.7. The maximum atomic E-state index is 13.0. The number of aliphatic hydroxyl groups excluding tert-OH is 7. The monoisotopic (exact) mass is 999 g/mol. The zero-order chi connectivity index (χ0) is 51.0. The fourth-order valence-electron chi connectivity index (χ4n) is 8.54. The number of carbonyl (C=O) groups excluding carboxylic acids is 2. The lowest BCUT2D eigenvalue weighted by molar-refractivity contribution is -0.332. The lowest BCUT2D eigenvalue weighted by Crippen LogP contribution is -2.61. The molecule has 7 N–H and O–H groups in total. The molecule has 2 rings (SSSR count). The van der Waals surface area contributed by atoms with Crippen LogP contribution in [0.1, 0.15) is 206 Å².